The average Bonchev–Trinajstić information content (AvgIpc) is 2.25. The second-order valence-corrected chi connectivity index (χ2v) is 4.10. The molecule has 0 aliphatic carbocycles. The standard InChI is InChI=1S/C12H18FN3.HI/c1-9(2)7-15-12(14)16-8-10-3-5-11(13)6-4-10;/h3-6,9H,7-8H2,1-2H3,(H3,14,15,16);1H. The van der Waals surface area contributed by atoms with Crippen LogP contribution in [0, 0.1) is 11.7 Å². The van der Waals surface area contributed by atoms with E-state index in [0.717, 1.165) is 12.1 Å². The zero-order valence-corrected chi connectivity index (χ0v) is 12.4. The number of nitrogens with one attached hydrogen (secondary N) is 1. The molecular formula is C12H19FIN3. The van der Waals surface area contributed by atoms with Gasteiger partial charge >= 0.3 is 0 Å². The van der Waals surface area contributed by atoms with Gasteiger partial charge in [-0.2, -0.15) is 0 Å². The Morgan fingerprint density at radius 1 is 1.35 bits per heavy atom. The van der Waals surface area contributed by atoms with Crippen LogP contribution >= 0.6 is 24.0 Å². The molecule has 0 spiro atoms. The summed E-state index contributed by atoms with van der Waals surface area (Å²) >= 11 is 0. The lowest BCUT2D eigenvalue weighted by Gasteiger charge is -2.07. The van der Waals surface area contributed by atoms with Crippen LogP contribution in [0.5, 0.6) is 0 Å². The summed E-state index contributed by atoms with van der Waals surface area (Å²) in [4.78, 5) is 4.16. The van der Waals surface area contributed by atoms with Crippen molar-refractivity contribution in [1.29, 1.82) is 0 Å². The zero-order valence-electron chi connectivity index (χ0n) is 10.1. The largest absolute Gasteiger partial charge is 0.370 e. The van der Waals surface area contributed by atoms with Crippen molar-refractivity contribution in [3.63, 3.8) is 0 Å². The van der Waals surface area contributed by atoms with Gasteiger partial charge < -0.3 is 11.1 Å². The van der Waals surface area contributed by atoms with Crippen molar-refractivity contribution < 1.29 is 4.39 Å². The van der Waals surface area contributed by atoms with Gasteiger partial charge in [0.05, 0.1) is 6.54 Å². The fourth-order valence-electron chi connectivity index (χ4n) is 1.13. The van der Waals surface area contributed by atoms with E-state index in [1.165, 1.54) is 12.1 Å². The van der Waals surface area contributed by atoms with Gasteiger partial charge in [0, 0.05) is 6.54 Å². The summed E-state index contributed by atoms with van der Waals surface area (Å²) in [6.07, 6.45) is 0. The maximum atomic E-state index is 12.6. The van der Waals surface area contributed by atoms with Crippen molar-refractivity contribution in [3.8, 4) is 0 Å². The maximum absolute atomic E-state index is 12.6. The number of guanidine groups is 1. The van der Waals surface area contributed by atoms with E-state index in [2.05, 4.69) is 24.2 Å². The van der Waals surface area contributed by atoms with Crippen molar-refractivity contribution in [2.75, 3.05) is 6.54 Å². The Kier molecular flexibility index (Phi) is 7.86. The molecule has 0 radical (unpaired) electrons. The number of hydrogen-bond donors (Lipinski definition) is 2. The van der Waals surface area contributed by atoms with Crippen LogP contribution in [0.4, 0.5) is 4.39 Å². The molecule has 0 heterocycles. The minimum atomic E-state index is -0.237. The highest BCUT2D eigenvalue weighted by Crippen LogP contribution is 2.03. The first-order chi connectivity index (χ1) is 7.58. The van der Waals surface area contributed by atoms with E-state index >= 15 is 0 Å². The molecule has 0 saturated heterocycles. The molecule has 0 aliphatic heterocycles. The molecule has 0 aliphatic rings. The van der Waals surface area contributed by atoms with Gasteiger partial charge in [-0.3, -0.25) is 0 Å². The van der Waals surface area contributed by atoms with Crippen LogP contribution in [0.2, 0.25) is 0 Å². The number of nitrogens with two attached hydrogens (primary N) is 1. The summed E-state index contributed by atoms with van der Waals surface area (Å²) in [6, 6.07) is 6.24. The number of rotatable bonds is 4. The van der Waals surface area contributed by atoms with Crippen LogP contribution in [0.1, 0.15) is 19.4 Å². The summed E-state index contributed by atoms with van der Waals surface area (Å²) in [6.45, 7) is 5.47. The third-order valence-corrected chi connectivity index (χ3v) is 2.04. The first-order valence-corrected chi connectivity index (χ1v) is 5.36. The Morgan fingerprint density at radius 3 is 2.47 bits per heavy atom. The lowest BCUT2D eigenvalue weighted by atomic mass is 10.2. The Balaban J connectivity index is 0.00000256. The second-order valence-electron chi connectivity index (χ2n) is 4.10. The molecule has 0 saturated carbocycles. The highest BCUT2D eigenvalue weighted by atomic mass is 127. The van der Waals surface area contributed by atoms with Crippen LogP contribution < -0.4 is 11.1 Å². The van der Waals surface area contributed by atoms with Gasteiger partial charge in [-0.25, -0.2) is 9.38 Å². The molecule has 0 fully saturated rings. The highest BCUT2D eigenvalue weighted by Gasteiger charge is 1.96. The van der Waals surface area contributed by atoms with Crippen molar-refractivity contribution in [1.82, 2.24) is 5.32 Å². The molecule has 0 aromatic heterocycles. The van der Waals surface area contributed by atoms with E-state index in [1.54, 1.807) is 12.1 Å². The summed E-state index contributed by atoms with van der Waals surface area (Å²) in [5, 5.41) is 3.02. The quantitative estimate of drug-likeness (QED) is 0.498. The number of benzene rings is 1. The SMILES string of the molecule is CC(C)CNC(N)=NCc1ccc(F)cc1.I. The molecule has 96 valence electrons. The Labute approximate surface area is 119 Å². The van der Waals surface area contributed by atoms with Crippen molar-refractivity contribution in [2.45, 2.75) is 20.4 Å². The van der Waals surface area contributed by atoms with E-state index in [1.807, 2.05) is 0 Å². The minimum Gasteiger partial charge on any atom is -0.370 e. The van der Waals surface area contributed by atoms with Gasteiger partial charge in [-0.05, 0) is 23.6 Å². The zero-order chi connectivity index (χ0) is 12.0. The maximum Gasteiger partial charge on any atom is 0.188 e. The Hall–Kier alpha value is -0.850. The fraction of sp³-hybridized carbons (Fsp3) is 0.417. The van der Waals surface area contributed by atoms with Gasteiger partial charge in [-0.1, -0.05) is 26.0 Å². The van der Waals surface area contributed by atoms with E-state index < -0.39 is 0 Å². The molecule has 1 aromatic carbocycles. The lowest BCUT2D eigenvalue weighted by molar-refractivity contribution is 0.621. The van der Waals surface area contributed by atoms with E-state index in [9.17, 15) is 4.39 Å². The lowest BCUT2D eigenvalue weighted by Crippen LogP contribution is -2.34. The molecule has 3 N–H and O–H groups in total. The second kappa shape index (κ2) is 8.27. The fourth-order valence-corrected chi connectivity index (χ4v) is 1.13. The summed E-state index contributed by atoms with van der Waals surface area (Å²) < 4.78 is 12.6. The monoisotopic (exact) mass is 351 g/mol. The molecule has 0 unspecified atom stereocenters. The molecule has 3 nitrogen and oxygen atoms in total. The van der Waals surface area contributed by atoms with Gasteiger partial charge in [0.15, 0.2) is 5.96 Å². The van der Waals surface area contributed by atoms with Crippen LogP contribution in [-0.4, -0.2) is 12.5 Å². The predicted octanol–water partition coefficient (Wildman–Crippen LogP) is 2.50. The van der Waals surface area contributed by atoms with E-state index in [-0.39, 0.29) is 29.8 Å². The molecule has 0 amide bonds. The smallest absolute Gasteiger partial charge is 0.188 e. The van der Waals surface area contributed by atoms with Gasteiger partial charge in [-0.15, -0.1) is 24.0 Å². The molecule has 0 bridgehead atoms. The highest BCUT2D eigenvalue weighted by molar-refractivity contribution is 14.0. The molecule has 17 heavy (non-hydrogen) atoms. The molecule has 5 heteroatoms. The number of aliphatic imine (C=N–C) groups is 1. The van der Waals surface area contributed by atoms with Gasteiger partial charge in [0.25, 0.3) is 0 Å². The Bertz CT molecular complexity index is 349. The van der Waals surface area contributed by atoms with Crippen molar-refractivity contribution in [3.05, 3.63) is 35.6 Å². The summed E-state index contributed by atoms with van der Waals surface area (Å²) in [5.74, 6) is 0.719. The van der Waals surface area contributed by atoms with Crippen molar-refractivity contribution in [2.24, 2.45) is 16.6 Å². The predicted molar refractivity (Wildman–Crippen MR) is 80.0 cm³/mol. The normalized spacial score (nSPS) is 11.2. The first-order valence-electron chi connectivity index (χ1n) is 5.36. The molecule has 1 aromatic rings. The van der Waals surface area contributed by atoms with Crippen LogP contribution in [0.15, 0.2) is 29.3 Å². The number of nitrogens with zero attached hydrogens (tertiary/aromatic N) is 1. The van der Waals surface area contributed by atoms with Crippen molar-refractivity contribution >= 4 is 29.9 Å². The summed E-state index contributed by atoms with van der Waals surface area (Å²) in [5.41, 5.74) is 6.61. The van der Waals surface area contributed by atoms with Gasteiger partial charge in [0.1, 0.15) is 5.82 Å². The molecule has 0 atom stereocenters. The van der Waals surface area contributed by atoms with Crippen LogP contribution in [0.25, 0.3) is 0 Å². The van der Waals surface area contributed by atoms with Gasteiger partial charge in [0.2, 0.25) is 0 Å². The van der Waals surface area contributed by atoms with E-state index in [4.69, 9.17) is 5.73 Å². The van der Waals surface area contributed by atoms with Crippen LogP contribution in [-0.2, 0) is 6.54 Å². The van der Waals surface area contributed by atoms with Crippen LogP contribution in [0.3, 0.4) is 0 Å². The third kappa shape index (κ3) is 7.14. The molecular weight excluding hydrogens is 332 g/mol. The minimum absolute atomic E-state index is 0. The number of halogens is 2. The number of hydrogen-bond acceptors (Lipinski definition) is 1. The topological polar surface area (TPSA) is 50.4 Å². The van der Waals surface area contributed by atoms with E-state index in [0.29, 0.717) is 18.4 Å². The average molecular weight is 351 g/mol. The summed E-state index contributed by atoms with van der Waals surface area (Å²) in [7, 11) is 0. The third-order valence-electron chi connectivity index (χ3n) is 2.04. The Morgan fingerprint density at radius 2 is 1.94 bits per heavy atom. The first kappa shape index (κ1) is 16.1. The molecule has 1 rings (SSSR count).